The molecule has 4 heteroatoms. The van der Waals surface area contributed by atoms with E-state index in [-0.39, 0.29) is 12.0 Å². The van der Waals surface area contributed by atoms with Crippen LogP contribution in [0.4, 0.5) is 0 Å². The second-order valence-electron chi connectivity index (χ2n) is 6.04. The van der Waals surface area contributed by atoms with Gasteiger partial charge in [-0.15, -0.1) is 0 Å². The zero-order chi connectivity index (χ0) is 16.2. The standard InChI is InChI=1S/C19H22N2O2/c1-13-5-7-15(8-6-13)18-10-9-17(14(2)21-18)19(22)20-12-16-4-3-11-23-16/h5-10,16H,3-4,11-12H2,1-2H3,(H,20,22)/t16-/m0/s1. The van der Waals surface area contributed by atoms with Crippen molar-refractivity contribution >= 4 is 5.91 Å². The highest BCUT2D eigenvalue weighted by atomic mass is 16.5. The number of nitrogens with zero attached hydrogens (tertiary/aromatic N) is 1. The largest absolute Gasteiger partial charge is 0.376 e. The molecule has 1 N–H and O–H groups in total. The van der Waals surface area contributed by atoms with Gasteiger partial charge >= 0.3 is 0 Å². The number of hydrogen-bond donors (Lipinski definition) is 1. The molecule has 1 aliphatic heterocycles. The lowest BCUT2D eigenvalue weighted by Crippen LogP contribution is -2.32. The van der Waals surface area contributed by atoms with Crippen LogP contribution in [-0.2, 0) is 4.74 Å². The lowest BCUT2D eigenvalue weighted by Gasteiger charge is -2.12. The highest BCUT2D eigenvalue weighted by Gasteiger charge is 2.17. The molecule has 1 fully saturated rings. The summed E-state index contributed by atoms with van der Waals surface area (Å²) in [6.45, 7) is 5.30. The van der Waals surface area contributed by atoms with E-state index < -0.39 is 0 Å². The third-order valence-corrected chi connectivity index (χ3v) is 4.19. The average Bonchev–Trinajstić information content (AvgIpc) is 3.06. The Bertz CT molecular complexity index is 689. The van der Waals surface area contributed by atoms with Gasteiger partial charge in [-0.3, -0.25) is 9.78 Å². The number of amides is 1. The van der Waals surface area contributed by atoms with E-state index in [4.69, 9.17) is 4.74 Å². The Balaban J connectivity index is 1.70. The van der Waals surface area contributed by atoms with Crippen molar-refractivity contribution in [1.29, 1.82) is 0 Å². The minimum atomic E-state index is -0.0824. The highest BCUT2D eigenvalue weighted by Crippen LogP contribution is 2.19. The number of hydrogen-bond acceptors (Lipinski definition) is 3. The molecule has 3 rings (SSSR count). The molecule has 4 nitrogen and oxygen atoms in total. The van der Waals surface area contributed by atoms with Gasteiger partial charge in [-0.2, -0.15) is 0 Å². The molecule has 1 aromatic heterocycles. The number of aryl methyl sites for hydroxylation is 2. The molecule has 1 aromatic carbocycles. The van der Waals surface area contributed by atoms with Crippen LogP contribution in [0.1, 0.15) is 34.5 Å². The Labute approximate surface area is 136 Å². The number of carbonyl (C=O) groups excluding carboxylic acids is 1. The van der Waals surface area contributed by atoms with E-state index in [0.717, 1.165) is 36.4 Å². The molecular weight excluding hydrogens is 288 g/mol. The SMILES string of the molecule is Cc1ccc(-c2ccc(C(=O)NC[C@@H]3CCCO3)c(C)n2)cc1. The molecule has 23 heavy (non-hydrogen) atoms. The topological polar surface area (TPSA) is 51.2 Å². The van der Waals surface area contributed by atoms with Gasteiger partial charge in [0.2, 0.25) is 0 Å². The first kappa shape index (κ1) is 15.7. The van der Waals surface area contributed by atoms with Gasteiger partial charge in [0.1, 0.15) is 0 Å². The van der Waals surface area contributed by atoms with Crippen LogP contribution >= 0.6 is 0 Å². The molecule has 1 amide bonds. The van der Waals surface area contributed by atoms with E-state index in [1.807, 2.05) is 31.2 Å². The molecule has 1 aliphatic rings. The van der Waals surface area contributed by atoms with Crippen LogP contribution in [0.3, 0.4) is 0 Å². The van der Waals surface area contributed by atoms with Crippen LogP contribution in [0.15, 0.2) is 36.4 Å². The van der Waals surface area contributed by atoms with E-state index in [9.17, 15) is 4.79 Å². The fourth-order valence-corrected chi connectivity index (χ4v) is 2.79. The van der Waals surface area contributed by atoms with Crippen molar-refractivity contribution in [1.82, 2.24) is 10.3 Å². The van der Waals surface area contributed by atoms with Crippen LogP contribution in [-0.4, -0.2) is 30.1 Å². The molecule has 0 spiro atoms. The molecule has 1 saturated heterocycles. The van der Waals surface area contributed by atoms with Crippen LogP contribution in [0.2, 0.25) is 0 Å². The first-order valence-electron chi connectivity index (χ1n) is 8.08. The zero-order valence-electron chi connectivity index (χ0n) is 13.6. The van der Waals surface area contributed by atoms with Gasteiger partial charge < -0.3 is 10.1 Å². The third-order valence-electron chi connectivity index (χ3n) is 4.19. The molecule has 0 aliphatic carbocycles. The predicted octanol–water partition coefficient (Wildman–Crippen LogP) is 3.27. The number of nitrogens with one attached hydrogen (secondary N) is 1. The molecule has 120 valence electrons. The van der Waals surface area contributed by atoms with E-state index in [1.165, 1.54) is 5.56 Å². The van der Waals surface area contributed by atoms with Gasteiger partial charge in [0.25, 0.3) is 5.91 Å². The van der Waals surface area contributed by atoms with Gasteiger partial charge in [0, 0.05) is 18.7 Å². The Morgan fingerprint density at radius 1 is 1.22 bits per heavy atom. The molecule has 1 atom stereocenters. The van der Waals surface area contributed by atoms with E-state index in [1.54, 1.807) is 0 Å². The van der Waals surface area contributed by atoms with E-state index in [2.05, 4.69) is 29.4 Å². The second-order valence-corrected chi connectivity index (χ2v) is 6.04. The van der Waals surface area contributed by atoms with Crippen LogP contribution in [0.5, 0.6) is 0 Å². The Morgan fingerprint density at radius 3 is 2.65 bits per heavy atom. The minimum Gasteiger partial charge on any atom is -0.376 e. The fraction of sp³-hybridized carbons (Fsp3) is 0.368. The summed E-state index contributed by atoms with van der Waals surface area (Å²) in [5.41, 5.74) is 4.53. The summed E-state index contributed by atoms with van der Waals surface area (Å²) < 4.78 is 5.53. The number of aromatic nitrogens is 1. The molecule has 0 bridgehead atoms. The van der Waals surface area contributed by atoms with E-state index >= 15 is 0 Å². The van der Waals surface area contributed by atoms with Gasteiger partial charge in [-0.1, -0.05) is 29.8 Å². The number of pyridine rings is 1. The van der Waals surface area contributed by atoms with Crippen molar-refractivity contribution in [3.05, 3.63) is 53.2 Å². The first-order chi connectivity index (χ1) is 11.1. The Kier molecular flexibility index (Phi) is 4.72. The lowest BCUT2D eigenvalue weighted by atomic mass is 10.1. The van der Waals surface area contributed by atoms with Gasteiger partial charge in [-0.05, 0) is 38.8 Å². The quantitative estimate of drug-likeness (QED) is 0.943. The summed E-state index contributed by atoms with van der Waals surface area (Å²) in [7, 11) is 0. The number of rotatable bonds is 4. The average molecular weight is 310 g/mol. The maximum absolute atomic E-state index is 12.3. The predicted molar refractivity (Wildman–Crippen MR) is 90.5 cm³/mol. The summed E-state index contributed by atoms with van der Waals surface area (Å²) in [5.74, 6) is -0.0824. The van der Waals surface area contributed by atoms with Crippen molar-refractivity contribution in [2.75, 3.05) is 13.2 Å². The minimum absolute atomic E-state index is 0.0824. The summed E-state index contributed by atoms with van der Waals surface area (Å²) in [6, 6.07) is 12.0. The Hall–Kier alpha value is -2.20. The zero-order valence-corrected chi connectivity index (χ0v) is 13.6. The molecular formula is C19H22N2O2. The van der Waals surface area contributed by atoms with Crippen LogP contribution in [0, 0.1) is 13.8 Å². The third kappa shape index (κ3) is 3.77. The normalized spacial score (nSPS) is 17.2. The van der Waals surface area contributed by atoms with Crippen molar-refractivity contribution < 1.29 is 9.53 Å². The summed E-state index contributed by atoms with van der Waals surface area (Å²) >= 11 is 0. The van der Waals surface area contributed by atoms with Gasteiger partial charge in [0.15, 0.2) is 0 Å². The van der Waals surface area contributed by atoms with Crippen molar-refractivity contribution in [2.24, 2.45) is 0 Å². The van der Waals surface area contributed by atoms with Crippen molar-refractivity contribution in [2.45, 2.75) is 32.8 Å². The maximum atomic E-state index is 12.3. The van der Waals surface area contributed by atoms with Crippen LogP contribution in [0.25, 0.3) is 11.3 Å². The molecule has 0 saturated carbocycles. The maximum Gasteiger partial charge on any atom is 0.253 e. The van der Waals surface area contributed by atoms with Gasteiger partial charge in [0.05, 0.1) is 23.1 Å². The molecule has 0 radical (unpaired) electrons. The van der Waals surface area contributed by atoms with E-state index in [0.29, 0.717) is 12.1 Å². The number of ether oxygens (including phenoxy) is 1. The smallest absolute Gasteiger partial charge is 0.253 e. The number of carbonyl (C=O) groups is 1. The number of benzene rings is 1. The summed E-state index contributed by atoms with van der Waals surface area (Å²) in [6.07, 6.45) is 2.25. The van der Waals surface area contributed by atoms with Gasteiger partial charge in [-0.25, -0.2) is 0 Å². The Morgan fingerprint density at radius 2 is 2.00 bits per heavy atom. The second kappa shape index (κ2) is 6.92. The monoisotopic (exact) mass is 310 g/mol. The van der Waals surface area contributed by atoms with Crippen LogP contribution < -0.4 is 5.32 Å². The lowest BCUT2D eigenvalue weighted by molar-refractivity contribution is 0.0857. The molecule has 0 unspecified atom stereocenters. The van der Waals surface area contributed by atoms with Crippen molar-refractivity contribution in [3.8, 4) is 11.3 Å². The molecule has 2 aromatic rings. The molecule has 2 heterocycles. The fourth-order valence-electron chi connectivity index (χ4n) is 2.79. The summed E-state index contributed by atoms with van der Waals surface area (Å²) in [4.78, 5) is 16.9. The summed E-state index contributed by atoms with van der Waals surface area (Å²) in [5, 5.41) is 2.94. The van der Waals surface area contributed by atoms with Crippen molar-refractivity contribution in [3.63, 3.8) is 0 Å². The first-order valence-corrected chi connectivity index (χ1v) is 8.08. The highest BCUT2D eigenvalue weighted by molar-refractivity contribution is 5.95.